The molecule has 37 heavy (non-hydrogen) atoms. The van der Waals surface area contributed by atoms with Gasteiger partial charge in [0, 0.05) is 55.0 Å². The van der Waals surface area contributed by atoms with E-state index in [0.717, 1.165) is 28.0 Å². The molecule has 9 nitrogen and oxygen atoms in total. The van der Waals surface area contributed by atoms with Crippen molar-refractivity contribution < 1.29 is 9.21 Å². The number of imidazole rings is 2. The Kier molecular flexibility index (Phi) is 5.78. The van der Waals surface area contributed by atoms with E-state index in [1.165, 1.54) is 0 Å². The molecule has 0 aliphatic rings. The summed E-state index contributed by atoms with van der Waals surface area (Å²) in [4.78, 5) is 30.7. The maximum Gasteiger partial charge on any atom is 0.287 e. The normalized spacial score (nSPS) is 12.0. The largest absolute Gasteiger partial charge is 0.433 e. The molecule has 1 N–H and O–H groups in total. The van der Waals surface area contributed by atoms with E-state index in [1.54, 1.807) is 37.1 Å². The highest BCUT2D eigenvalue weighted by Crippen LogP contribution is 2.26. The van der Waals surface area contributed by atoms with Crippen LogP contribution in [-0.4, -0.2) is 35.0 Å². The first-order valence-corrected chi connectivity index (χ1v) is 11.8. The number of pyridine rings is 2. The first kappa shape index (κ1) is 22.4. The SMILES string of the molecule is Cn1c(-c2ccc(-n3ccnc3)cc2)cnc1C(Cc1ccccn1)NC(=O)c1cc2cccnc2o1. The molecule has 9 heteroatoms. The van der Waals surface area contributed by atoms with E-state index in [0.29, 0.717) is 18.0 Å². The van der Waals surface area contributed by atoms with Crippen LogP contribution in [-0.2, 0) is 13.5 Å². The van der Waals surface area contributed by atoms with E-state index >= 15 is 0 Å². The van der Waals surface area contributed by atoms with Gasteiger partial charge in [0.15, 0.2) is 5.76 Å². The summed E-state index contributed by atoms with van der Waals surface area (Å²) in [6, 6.07) is 18.8. The van der Waals surface area contributed by atoms with Gasteiger partial charge < -0.3 is 18.9 Å². The van der Waals surface area contributed by atoms with Crippen LogP contribution >= 0.6 is 0 Å². The number of benzene rings is 1. The molecule has 182 valence electrons. The number of amides is 1. The zero-order valence-electron chi connectivity index (χ0n) is 20.0. The number of aromatic nitrogens is 6. The van der Waals surface area contributed by atoms with Crippen molar-refractivity contribution in [3.8, 4) is 16.9 Å². The summed E-state index contributed by atoms with van der Waals surface area (Å²) in [5.74, 6) is 0.569. The smallest absolute Gasteiger partial charge is 0.287 e. The standard InChI is InChI=1S/C28H23N7O2/c1-34-24(19-7-9-22(10-8-19)35-14-13-29-18-35)17-32-26(34)23(16-21-6-2-3-11-30-21)33-27(36)25-15-20-5-4-12-31-28(20)37-25/h2-15,17-18,23H,16H2,1H3,(H,33,36). The second kappa shape index (κ2) is 9.54. The molecule has 0 saturated heterocycles. The van der Waals surface area contributed by atoms with Crippen molar-refractivity contribution in [3.05, 3.63) is 115 Å². The minimum atomic E-state index is -0.437. The molecule has 1 aromatic carbocycles. The van der Waals surface area contributed by atoms with E-state index in [9.17, 15) is 4.79 Å². The number of rotatable bonds is 7. The van der Waals surface area contributed by atoms with Gasteiger partial charge in [-0.3, -0.25) is 9.78 Å². The minimum Gasteiger partial charge on any atom is -0.433 e. The molecule has 0 saturated carbocycles. The molecule has 1 amide bonds. The molecule has 6 aromatic rings. The van der Waals surface area contributed by atoms with Crippen molar-refractivity contribution in [2.24, 2.45) is 7.05 Å². The molecule has 0 spiro atoms. The van der Waals surface area contributed by atoms with Gasteiger partial charge in [0.2, 0.25) is 5.71 Å². The third kappa shape index (κ3) is 4.50. The van der Waals surface area contributed by atoms with Gasteiger partial charge in [-0.05, 0) is 48.0 Å². The van der Waals surface area contributed by atoms with Crippen molar-refractivity contribution >= 4 is 17.0 Å². The van der Waals surface area contributed by atoms with Crippen LogP contribution in [0.3, 0.4) is 0 Å². The zero-order chi connectivity index (χ0) is 25.2. The Morgan fingerprint density at radius 2 is 1.86 bits per heavy atom. The first-order chi connectivity index (χ1) is 18.2. The van der Waals surface area contributed by atoms with Gasteiger partial charge in [0.1, 0.15) is 5.82 Å². The van der Waals surface area contributed by atoms with E-state index in [4.69, 9.17) is 9.40 Å². The number of fused-ring (bicyclic) bond motifs is 1. The average Bonchev–Trinajstić information content (AvgIpc) is 3.69. The number of nitrogens with one attached hydrogen (secondary N) is 1. The molecular weight excluding hydrogens is 466 g/mol. The Morgan fingerprint density at radius 1 is 1.00 bits per heavy atom. The van der Waals surface area contributed by atoms with Crippen molar-refractivity contribution in [2.45, 2.75) is 12.5 Å². The van der Waals surface area contributed by atoms with Crippen molar-refractivity contribution in [2.75, 3.05) is 0 Å². The number of carbonyl (C=O) groups excluding carboxylic acids is 1. The van der Waals surface area contributed by atoms with Gasteiger partial charge in [-0.25, -0.2) is 15.0 Å². The molecule has 0 fully saturated rings. The van der Waals surface area contributed by atoms with Crippen LogP contribution in [0.15, 0.2) is 102 Å². The lowest BCUT2D eigenvalue weighted by molar-refractivity contribution is 0.0907. The zero-order valence-corrected chi connectivity index (χ0v) is 20.0. The maximum absolute atomic E-state index is 13.2. The monoisotopic (exact) mass is 489 g/mol. The van der Waals surface area contributed by atoms with Crippen LogP contribution in [0.25, 0.3) is 28.0 Å². The molecule has 0 radical (unpaired) electrons. The Bertz CT molecular complexity index is 1620. The molecule has 6 rings (SSSR count). The lowest BCUT2D eigenvalue weighted by Crippen LogP contribution is -2.31. The van der Waals surface area contributed by atoms with Crippen LogP contribution in [0.4, 0.5) is 0 Å². The number of hydrogen-bond acceptors (Lipinski definition) is 6. The first-order valence-electron chi connectivity index (χ1n) is 11.8. The van der Waals surface area contributed by atoms with Crippen LogP contribution in [0.5, 0.6) is 0 Å². The molecule has 0 aliphatic carbocycles. The van der Waals surface area contributed by atoms with Crippen molar-refractivity contribution in [1.82, 2.24) is 34.4 Å². The summed E-state index contributed by atoms with van der Waals surface area (Å²) < 4.78 is 9.64. The van der Waals surface area contributed by atoms with Gasteiger partial charge in [-0.1, -0.05) is 18.2 Å². The fraction of sp³-hybridized carbons (Fsp3) is 0.107. The Morgan fingerprint density at radius 3 is 2.62 bits per heavy atom. The fourth-order valence-electron chi connectivity index (χ4n) is 4.38. The second-order valence-corrected chi connectivity index (χ2v) is 8.64. The Labute approximate surface area is 212 Å². The summed E-state index contributed by atoms with van der Waals surface area (Å²) in [6.45, 7) is 0. The van der Waals surface area contributed by atoms with Gasteiger partial charge in [0.05, 0.1) is 24.3 Å². The van der Waals surface area contributed by atoms with Gasteiger partial charge in [-0.2, -0.15) is 0 Å². The maximum atomic E-state index is 13.2. The lowest BCUT2D eigenvalue weighted by Gasteiger charge is -2.18. The molecule has 1 unspecified atom stereocenters. The molecule has 0 aliphatic heterocycles. The molecular formula is C28H23N7O2. The quantitative estimate of drug-likeness (QED) is 0.354. The molecule has 0 bridgehead atoms. The van der Waals surface area contributed by atoms with Crippen LogP contribution in [0.1, 0.15) is 28.1 Å². The van der Waals surface area contributed by atoms with E-state index in [1.807, 2.05) is 77.1 Å². The van der Waals surface area contributed by atoms with Gasteiger partial charge in [0.25, 0.3) is 5.91 Å². The summed E-state index contributed by atoms with van der Waals surface area (Å²) in [7, 11) is 1.95. The summed E-state index contributed by atoms with van der Waals surface area (Å²) in [6.07, 6.45) is 11.1. The Balaban J connectivity index is 1.31. The second-order valence-electron chi connectivity index (χ2n) is 8.64. The minimum absolute atomic E-state index is 0.198. The van der Waals surface area contributed by atoms with Crippen LogP contribution in [0.2, 0.25) is 0 Å². The Hall–Kier alpha value is -5.05. The van der Waals surface area contributed by atoms with E-state index < -0.39 is 6.04 Å². The van der Waals surface area contributed by atoms with E-state index in [2.05, 4.69) is 20.3 Å². The number of nitrogens with zero attached hydrogens (tertiary/aromatic N) is 6. The topological polar surface area (TPSA) is 104 Å². The van der Waals surface area contributed by atoms with Gasteiger partial charge >= 0.3 is 0 Å². The van der Waals surface area contributed by atoms with Crippen molar-refractivity contribution in [1.29, 1.82) is 0 Å². The average molecular weight is 490 g/mol. The predicted molar refractivity (Wildman–Crippen MR) is 138 cm³/mol. The van der Waals surface area contributed by atoms with E-state index in [-0.39, 0.29) is 11.7 Å². The molecule has 1 atom stereocenters. The highest BCUT2D eigenvalue weighted by Gasteiger charge is 2.24. The summed E-state index contributed by atoms with van der Waals surface area (Å²) >= 11 is 0. The van der Waals surface area contributed by atoms with Crippen LogP contribution in [0, 0.1) is 0 Å². The third-order valence-electron chi connectivity index (χ3n) is 6.26. The van der Waals surface area contributed by atoms with Crippen LogP contribution < -0.4 is 5.32 Å². The predicted octanol–water partition coefficient (Wildman–Crippen LogP) is 4.52. The third-order valence-corrected chi connectivity index (χ3v) is 6.26. The highest BCUT2D eigenvalue weighted by molar-refractivity contribution is 5.95. The fourth-order valence-corrected chi connectivity index (χ4v) is 4.38. The summed E-state index contributed by atoms with van der Waals surface area (Å²) in [5, 5.41) is 3.87. The van der Waals surface area contributed by atoms with Gasteiger partial charge in [-0.15, -0.1) is 0 Å². The number of hydrogen-bond donors (Lipinski definition) is 1. The molecule has 5 aromatic heterocycles. The van der Waals surface area contributed by atoms with Crippen molar-refractivity contribution in [3.63, 3.8) is 0 Å². The number of furan rings is 1. The highest BCUT2D eigenvalue weighted by atomic mass is 16.4. The lowest BCUT2D eigenvalue weighted by atomic mass is 10.1. The summed E-state index contributed by atoms with van der Waals surface area (Å²) in [5.41, 5.74) is 4.22. The number of carbonyl (C=O) groups is 1. The molecule has 5 heterocycles.